The maximum atomic E-state index is 12.8. The Labute approximate surface area is 188 Å². The third-order valence-electron chi connectivity index (χ3n) is 6.02. The van der Waals surface area contributed by atoms with Gasteiger partial charge in [0.15, 0.2) is 0 Å². The molecule has 7 nitrogen and oxygen atoms in total. The number of sulfonamides is 1. The molecule has 9 heteroatoms. The first-order valence-corrected chi connectivity index (χ1v) is 13.3. The number of carbonyl (C=O) groups is 1. The fourth-order valence-corrected chi connectivity index (χ4v) is 6.42. The minimum absolute atomic E-state index is 0.0273. The van der Waals surface area contributed by atoms with Gasteiger partial charge in [-0.3, -0.25) is 4.79 Å². The van der Waals surface area contributed by atoms with Crippen LogP contribution in [0.1, 0.15) is 60.3 Å². The number of rotatable bonds is 7. The van der Waals surface area contributed by atoms with E-state index in [0.717, 1.165) is 45.2 Å². The van der Waals surface area contributed by atoms with E-state index in [-0.39, 0.29) is 10.8 Å². The van der Waals surface area contributed by atoms with E-state index < -0.39 is 10.0 Å². The van der Waals surface area contributed by atoms with Crippen LogP contribution in [0, 0.1) is 6.92 Å². The Morgan fingerprint density at radius 3 is 2.71 bits per heavy atom. The Morgan fingerprint density at radius 1 is 1.23 bits per heavy atom. The van der Waals surface area contributed by atoms with Crippen LogP contribution < -0.4 is 4.72 Å². The number of aromatic nitrogens is 2. The van der Waals surface area contributed by atoms with Crippen molar-refractivity contribution < 1.29 is 13.2 Å². The van der Waals surface area contributed by atoms with Crippen molar-refractivity contribution in [3.8, 4) is 10.7 Å². The van der Waals surface area contributed by atoms with Crippen LogP contribution in [0.2, 0.25) is 0 Å². The van der Waals surface area contributed by atoms with Gasteiger partial charge in [-0.1, -0.05) is 11.6 Å². The highest BCUT2D eigenvalue weighted by Gasteiger charge is 2.26. The number of nitrogens with zero attached hydrogens (tertiary/aromatic N) is 3. The van der Waals surface area contributed by atoms with Crippen molar-refractivity contribution >= 4 is 27.3 Å². The van der Waals surface area contributed by atoms with Gasteiger partial charge in [0.1, 0.15) is 14.8 Å². The first-order chi connectivity index (χ1) is 14.8. The summed E-state index contributed by atoms with van der Waals surface area (Å²) in [6, 6.07) is 1.64. The fourth-order valence-electron chi connectivity index (χ4n) is 4.22. The highest BCUT2D eigenvalue weighted by atomic mass is 32.2. The Balaban J connectivity index is 1.48. The number of hydrogen-bond donors (Lipinski definition) is 1. The van der Waals surface area contributed by atoms with Crippen molar-refractivity contribution in [2.45, 2.75) is 56.8 Å². The Bertz CT molecular complexity index is 1090. The number of allylic oxidation sites excluding steroid dienone is 1. The van der Waals surface area contributed by atoms with Crippen molar-refractivity contribution in [1.29, 1.82) is 0 Å². The molecule has 168 valence electrons. The van der Waals surface area contributed by atoms with Gasteiger partial charge in [-0.2, -0.15) is 0 Å². The summed E-state index contributed by atoms with van der Waals surface area (Å²) in [4.78, 5) is 20.1. The standard InChI is InChI=1S/C22H30N4O3S2/c1-16-20(22(27)26-12-6-7-13-26)30-21(24-16)19-14-18(15-25(19)2)31(28,29)23-11-10-17-8-4-3-5-9-17/h8,14-15,23H,3-7,9-13H2,1-2H3. The van der Waals surface area contributed by atoms with Crippen molar-refractivity contribution in [3.05, 3.63) is 34.5 Å². The van der Waals surface area contributed by atoms with E-state index >= 15 is 0 Å². The van der Waals surface area contributed by atoms with Crippen LogP contribution in [0.15, 0.2) is 28.8 Å². The minimum Gasteiger partial charge on any atom is -0.347 e. The maximum Gasteiger partial charge on any atom is 0.265 e. The van der Waals surface area contributed by atoms with Gasteiger partial charge in [0, 0.05) is 32.9 Å². The zero-order valence-corrected chi connectivity index (χ0v) is 19.8. The van der Waals surface area contributed by atoms with Gasteiger partial charge in [-0.05, 0) is 57.9 Å². The zero-order chi connectivity index (χ0) is 22.0. The molecule has 4 rings (SSSR count). The van der Waals surface area contributed by atoms with Gasteiger partial charge in [0.05, 0.1) is 11.4 Å². The molecule has 0 aromatic carbocycles. The van der Waals surface area contributed by atoms with Gasteiger partial charge < -0.3 is 9.47 Å². The second-order valence-corrected chi connectivity index (χ2v) is 11.1. The van der Waals surface area contributed by atoms with Crippen molar-refractivity contribution in [3.63, 3.8) is 0 Å². The molecule has 1 aliphatic heterocycles. The Morgan fingerprint density at radius 2 is 2.00 bits per heavy atom. The molecular weight excluding hydrogens is 432 g/mol. The van der Waals surface area contributed by atoms with Crippen LogP contribution in [0.3, 0.4) is 0 Å². The van der Waals surface area contributed by atoms with Gasteiger partial charge in [0.25, 0.3) is 5.91 Å². The number of aryl methyl sites for hydroxylation is 2. The normalized spacial score (nSPS) is 17.2. The van der Waals surface area contributed by atoms with E-state index in [0.29, 0.717) is 27.8 Å². The largest absolute Gasteiger partial charge is 0.347 e. The first kappa shape index (κ1) is 22.2. The molecule has 0 bridgehead atoms. The van der Waals surface area contributed by atoms with E-state index in [9.17, 15) is 13.2 Å². The van der Waals surface area contributed by atoms with E-state index in [1.54, 1.807) is 23.9 Å². The summed E-state index contributed by atoms with van der Waals surface area (Å²) >= 11 is 1.34. The molecule has 3 heterocycles. The number of nitrogens with one attached hydrogen (secondary N) is 1. The molecule has 0 spiro atoms. The highest BCUT2D eigenvalue weighted by molar-refractivity contribution is 7.89. The lowest BCUT2D eigenvalue weighted by Crippen LogP contribution is -2.27. The molecule has 0 radical (unpaired) electrons. The summed E-state index contributed by atoms with van der Waals surface area (Å²) in [5, 5.41) is 0.663. The van der Waals surface area contributed by atoms with Crippen molar-refractivity contribution in [2.75, 3.05) is 19.6 Å². The van der Waals surface area contributed by atoms with Gasteiger partial charge in [0.2, 0.25) is 10.0 Å². The van der Waals surface area contributed by atoms with Crippen molar-refractivity contribution in [2.24, 2.45) is 7.05 Å². The molecule has 1 aliphatic carbocycles. The predicted octanol–water partition coefficient (Wildman–Crippen LogP) is 3.86. The van der Waals surface area contributed by atoms with E-state index in [2.05, 4.69) is 15.8 Å². The molecule has 1 amide bonds. The molecule has 0 saturated carbocycles. The minimum atomic E-state index is -3.60. The maximum absolute atomic E-state index is 12.8. The second-order valence-electron chi connectivity index (χ2n) is 8.36. The number of amides is 1. The number of hydrogen-bond acceptors (Lipinski definition) is 5. The van der Waals surface area contributed by atoms with Crippen LogP contribution in [-0.2, 0) is 17.1 Å². The van der Waals surface area contributed by atoms with Crippen LogP contribution in [-0.4, -0.2) is 48.4 Å². The van der Waals surface area contributed by atoms with Gasteiger partial charge >= 0.3 is 0 Å². The molecular formula is C22H30N4O3S2. The van der Waals surface area contributed by atoms with Crippen LogP contribution >= 0.6 is 11.3 Å². The first-order valence-electron chi connectivity index (χ1n) is 11.0. The SMILES string of the molecule is Cc1nc(-c2cc(S(=O)(=O)NCCC3=CCCCC3)cn2C)sc1C(=O)N1CCCC1. The van der Waals surface area contributed by atoms with Gasteiger partial charge in [-0.15, -0.1) is 11.3 Å². The molecule has 0 unspecified atom stereocenters. The quantitative estimate of drug-likeness (QED) is 0.633. The molecule has 31 heavy (non-hydrogen) atoms. The third kappa shape index (κ3) is 4.94. The smallest absolute Gasteiger partial charge is 0.265 e. The lowest BCUT2D eigenvalue weighted by molar-refractivity contribution is 0.0796. The van der Waals surface area contributed by atoms with E-state index in [4.69, 9.17) is 0 Å². The van der Waals surface area contributed by atoms with Gasteiger partial charge in [-0.25, -0.2) is 18.1 Å². The number of thiazole rings is 1. The summed E-state index contributed by atoms with van der Waals surface area (Å²) in [7, 11) is -1.79. The summed E-state index contributed by atoms with van der Waals surface area (Å²) in [6.45, 7) is 3.83. The van der Waals surface area contributed by atoms with Crippen LogP contribution in [0.4, 0.5) is 0 Å². The van der Waals surface area contributed by atoms with E-state index in [1.165, 1.54) is 29.8 Å². The summed E-state index contributed by atoms with van der Waals surface area (Å²) < 4.78 is 30.1. The predicted molar refractivity (Wildman–Crippen MR) is 123 cm³/mol. The third-order valence-corrected chi connectivity index (χ3v) is 8.61. The van der Waals surface area contributed by atoms with Crippen molar-refractivity contribution in [1.82, 2.24) is 19.2 Å². The molecule has 2 aliphatic rings. The molecule has 2 aromatic heterocycles. The summed E-state index contributed by atoms with van der Waals surface area (Å²) in [5.74, 6) is 0.0273. The monoisotopic (exact) mass is 462 g/mol. The topological polar surface area (TPSA) is 84.3 Å². The lowest BCUT2D eigenvalue weighted by atomic mass is 9.97. The Hall–Kier alpha value is -1.97. The number of likely N-dealkylation sites (tertiary alicyclic amines) is 1. The molecule has 1 fully saturated rings. The Kier molecular flexibility index (Phi) is 6.64. The molecule has 1 saturated heterocycles. The zero-order valence-electron chi connectivity index (χ0n) is 18.2. The number of carbonyl (C=O) groups excluding carboxylic acids is 1. The fraction of sp³-hybridized carbons (Fsp3) is 0.545. The molecule has 2 aromatic rings. The van der Waals surface area contributed by atoms with Crippen LogP contribution in [0.5, 0.6) is 0 Å². The summed E-state index contributed by atoms with van der Waals surface area (Å²) in [5.41, 5.74) is 2.74. The highest BCUT2D eigenvalue weighted by Crippen LogP contribution is 2.31. The average molecular weight is 463 g/mol. The summed E-state index contributed by atoms with van der Waals surface area (Å²) in [6.07, 6.45) is 11.3. The molecule has 1 N–H and O–H groups in total. The second kappa shape index (κ2) is 9.26. The van der Waals surface area contributed by atoms with E-state index in [1.807, 2.05) is 11.8 Å². The average Bonchev–Trinajstić information content (AvgIpc) is 3.48. The van der Waals surface area contributed by atoms with Crippen LogP contribution in [0.25, 0.3) is 10.7 Å². The lowest BCUT2D eigenvalue weighted by Gasteiger charge is -2.13. The molecule has 0 atom stereocenters.